The molecule has 102 valence electrons. The number of hydrogen-bond acceptors (Lipinski definition) is 3. The van der Waals surface area contributed by atoms with Gasteiger partial charge in [0.15, 0.2) is 0 Å². The van der Waals surface area contributed by atoms with E-state index in [9.17, 15) is 4.79 Å². The van der Waals surface area contributed by atoms with Crippen molar-refractivity contribution in [2.75, 3.05) is 12.4 Å². The lowest BCUT2D eigenvalue weighted by atomic mass is 9.71. The Morgan fingerprint density at radius 1 is 1.17 bits per heavy atom. The van der Waals surface area contributed by atoms with Crippen LogP contribution in [0, 0.1) is 5.92 Å². The summed E-state index contributed by atoms with van der Waals surface area (Å²) in [6, 6.07) is 0. The molecule has 0 radical (unpaired) electrons. The molecule has 0 N–H and O–H groups in total. The number of ether oxygens (including phenoxy) is 1. The molecule has 1 spiro atoms. The molecule has 0 aromatic carbocycles. The van der Waals surface area contributed by atoms with Crippen LogP contribution in [0.15, 0.2) is 0 Å². The standard InChI is InChI=1S/C15H24O2S/c16-14(11-18-13-4-1-2-5-13)12-6-9-17-15(10-12)7-3-8-15/h12-13H,1-11H2. The number of rotatable bonds is 4. The molecular formula is C15H24O2S. The SMILES string of the molecule is O=C(CSC1CCCC1)C1CCOC2(CCC2)C1. The van der Waals surface area contributed by atoms with E-state index in [2.05, 4.69) is 0 Å². The highest BCUT2D eigenvalue weighted by Crippen LogP contribution is 2.44. The minimum Gasteiger partial charge on any atom is -0.375 e. The summed E-state index contributed by atoms with van der Waals surface area (Å²) in [5.41, 5.74) is 0.122. The molecule has 3 aliphatic rings. The summed E-state index contributed by atoms with van der Waals surface area (Å²) in [6.45, 7) is 0.810. The van der Waals surface area contributed by atoms with Crippen LogP contribution in [0.2, 0.25) is 0 Å². The van der Waals surface area contributed by atoms with Crippen LogP contribution in [0.4, 0.5) is 0 Å². The van der Waals surface area contributed by atoms with E-state index < -0.39 is 0 Å². The van der Waals surface area contributed by atoms with E-state index in [0.717, 1.165) is 30.5 Å². The quantitative estimate of drug-likeness (QED) is 0.779. The molecule has 0 aromatic rings. The topological polar surface area (TPSA) is 26.3 Å². The Labute approximate surface area is 114 Å². The molecule has 1 saturated heterocycles. The fourth-order valence-corrected chi connectivity index (χ4v) is 4.90. The highest BCUT2D eigenvalue weighted by Gasteiger charge is 2.44. The van der Waals surface area contributed by atoms with E-state index in [1.807, 2.05) is 11.8 Å². The van der Waals surface area contributed by atoms with E-state index in [0.29, 0.717) is 11.7 Å². The highest BCUT2D eigenvalue weighted by atomic mass is 32.2. The lowest BCUT2D eigenvalue weighted by molar-refractivity contribution is -0.154. The van der Waals surface area contributed by atoms with E-state index in [4.69, 9.17) is 4.74 Å². The van der Waals surface area contributed by atoms with Crippen molar-refractivity contribution >= 4 is 17.5 Å². The fraction of sp³-hybridized carbons (Fsp3) is 0.933. The Balaban J connectivity index is 1.46. The molecule has 3 rings (SSSR count). The summed E-state index contributed by atoms with van der Waals surface area (Å²) < 4.78 is 5.90. The van der Waals surface area contributed by atoms with Crippen molar-refractivity contribution in [3.05, 3.63) is 0 Å². The monoisotopic (exact) mass is 268 g/mol. The molecule has 3 fully saturated rings. The lowest BCUT2D eigenvalue weighted by Crippen LogP contribution is -2.47. The fourth-order valence-electron chi connectivity index (χ4n) is 3.59. The molecule has 1 aliphatic heterocycles. The summed E-state index contributed by atoms with van der Waals surface area (Å²) >= 11 is 1.92. The van der Waals surface area contributed by atoms with Gasteiger partial charge in [0.25, 0.3) is 0 Å². The molecule has 3 heteroatoms. The Morgan fingerprint density at radius 3 is 2.61 bits per heavy atom. The average Bonchev–Trinajstić information content (AvgIpc) is 2.87. The van der Waals surface area contributed by atoms with Crippen LogP contribution in [0.25, 0.3) is 0 Å². The summed E-state index contributed by atoms with van der Waals surface area (Å²) in [5.74, 6) is 1.56. The van der Waals surface area contributed by atoms with Gasteiger partial charge in [-0.15, -0.1) is 0 Å². The first kappa shape index (κ1) is 13.0. The van der Waals surface area contributed by atoms with Crippen molar-refractivity contribution < 1.29 is 9.53 Å². The zero-order chi connectivity index (χ0) is 12.4. The van der Waals surface area contributed by atoms with Gasteiger partial charge < -0.3 is 4.74 Å². The Hall–Kier alpha value is -0.0200. The van der Waals surface area contributed by atoms with Gasteiger partial charge >= 0.3 is 0 Å². The second kappa shape index (κ2) is 5.54. The normalized spacial score (nSPS) is 31.4. The summed E-state index contributed by atoms with van der Waals surface area (Å²) in [6.07, 6.45) is 11.0. The first-order valence-corrected chi connectivity index (χ1v) is 8.61. The predicted octanol–water partition coefficient (Wildman–Crippen LogP) is 3.58. The Morgan fingerprint density at radius 2 is 1.94 bits per heavy atom. The van der Waals surface area contributed by atoms with Gasteiger partial charge in [-0.3, -0.25) is 4.79 Å². The van der Waals surface area contributed by atoms with Gasteiger partial charge in [0, 0.05) is 17.8 Å². The molecule has 1 atom stereocenters. The lowest BCUT2D eigenvalue weighted by Gasteiger charge is -2.46. The third-order valence-corrected chi connectivity index (χ3v) is 6.37. The van der Waals surface area contributed by atoms with Crippen molar-refractivity contribution in [3.8, 4) is 0 Å². The maximum Gasteiger partial charge on any atom is 0.146 e. The molecule has 0 amide bonds. The number of Topliss-reactive ketones (excluding diaryl/α,β-unsaturated/α-hetero) is 1. The van der Waals surface area contributed by atoms with E-state index >= 15 is 0 Å². The van der Waals surface area contributed by atoms with Crippen molar-refractivity contribution in [3.63, 3.8) is 0 Å². The van der Waals surface area contributed by atoms with Crippen molar-refractivity contribution in [2.45, 2.75) is 68.6 Å². The van der Waals surface area contributed by atoms with Gasteiger partial charge in [0.05, 0.1) is 11.4 Å². The van der Waals surface area contributed by atoms with E-state index in [1.54, 1.807) is 0 Å². The zero-order valence-corrected chi connectivity index (χ0v) is 12.0. The van der Waals surface area contributed by atoms with Gasteiger partial charge in [-0.05, 0) is 44.9 Å². The number of carbonyl (C=O) groups is 1. The van der Waals surface area contributed by atoms with Crippen LogP contribution in [0.3, 0.4) is 0 Å². The summed E-state index contributed by atoms with van der Waals surface area (Å²) in [4.78, 5) is 12.3. The van der Waals surface area contributed by atoms with Crippen LogP contribution in [0.1, 0.15) is 57.8 Å². The van der Waals surface area contributed by atoms with Crippen LogP contribution in [-0.2, 0) is 9.53 Å². The van der Waals surface area contributed by atoms with E-state index in [1.165, 1.54) is 44.9 Å². The van der Waals surface area contributed by atoms with Gasteiger partial charge in [-0.1, -0.05) is 12.8 Å². The molecule has 0 aromatic heterocycles. The van der Waals surface area contributed by atoms with Crippen LogP contribution in [0.5, 0.6) is 0 Å². The van der Waals surface area contributed by atoms with Crippen molar-refractivity contribution in [1.82, 2.24) is 0 Å². The smallest absolute Gasteiger partial charge is 0.146 e. The third kappa shape index (κ3) is 2.77. The molecule has 18 heavy (non-hydrogen) atoms. The van der Waals surface area contributed by atoms with Gasteiger partial charge in [-0.25, -0.2) is 0 Å². The molecule has 2 saturated carbocycles. The van der Waals surface area contributed by atoms with Gasteiger partial charge in [-0.2, -0.15) is 11.8 Å². The zero-order valence-electron chi connectivity index (χ0n) is 11.2. The Kier molecular flexibility index (Phi) is 4.00. The number of ketones is 1. The molecule has 1 heterocycles. The maximum absolute atomic E-state index is 12.3. The highest BCUT2D eigenvalue weighted by molar-refractivity contribution is 8.00. The second-order valence-electron chi connectivity index (χ2n) is 6.26. The maximum atomic E-state index is 12.3. The van der Waals surface area contributed by atoms with Crippen LogP contribution >= 0.6 is 11.8 Å². The molecule has 0 bridgehead atoms. The minimum atomic E-state index is 0.122. The largest absolute Gasteiger partial charge is 0.375 e. The third-order valence-electron chi connectivity index (χ3n) is 4.98. The molecule has 2 nitrogen and oxygen atoms in total. The first-order valence-electron chi connectivity index (χ1n) is 7.56. The molecule has 2 aliphatic carbocycles. The minimum absolute atomic E-state index is 0.122. The molecular weight excluding hydrogens is 244 g/mol. The summed E-state index contributed by atoms with van der Waals surface area (Å²) in [7, 11) is 0. The van der Waals surface area contributed by atoms with Crippen molar-refractivity contribution in [1.29, 1.82) is 0 Å². The van der Waals surface area contributed by atoms with Crippen LogP contribution < -0.4 is 0 Å². The van der Waals surface area contributed by atoms with Crippen LogP contribution in [-0.4, -0.2) is 29.0 Å². The first-order chi connectivity index (χ1) is 8.77. The van der Waals surface area contributed by atoms with Crippen molar-refractivity contribution in [2.24, 2.45) is 5.92 Å². The number of thioether (sulfide) groups is 1. The van der Waals surface area contributed by atoms with E-state index in [-0.39, 0.29) is 5.60 Å². The second-order valence-corrected chi connectivity index (χ2v) is 7.55. The van der Waals surface area contributed by atoms with Gasteiger partial charge in [0.1, 0.15) is 5.78 Å². The number of hydrogen-bond donors (Lipinski definition) is 0. The predicted molar refractivity (Wildman–Crippen MR) is 75.0 cm³/mol. The molecule has 1 unspecified atom stereocenters. The summed E-state index contributed by atoms with van der Waals surface area (Å²) in [5, 5.41) is 0.770. The number of carbonyl (C=O) groups excluding carboxylic acids is 1. The Bertz CT molecular complexity index is 306. The average molecular weight is 268 g/mol. The van der Waals surface area contributed by atoms with Gasteiger partial charge in [0.2, 0.25) is 0 Å².